The van der Waals surface area contributed by atoms with Crippen LogP contribution in [0.1, 0.15) is 5.56 Å². The molecule has 0 saturated heterocycles. The molecular weight excluding hydrogens is 422 g/mol. The van der Waals surface area contributed by atoms with Gasteiger partial charge in [-0.25, -0.2) is 0 Å². The molecule has 0 unspecified atom stereocenters. The summed E-state index contributed by atoms with van der Waals surface area (Å²) in [5.74, 6) is -0.0914. The minimum absolute atomic E-state index is 0.0914. The summed E-state index contributed by atoms with van der Waals surface area (Å²) in [5, 5.41) is 11.4. The molecule has 3 aromatic carbocycles. The fourth-order valence-electron chi connectivity index (χ4n) is 3.09. The molecule has 31 heavy (non-hydrogen) atoms. The van der Waals surface area contributed by atoms with Gasteiger partial charge in [0, 0.05) is 17.7 Å². The highest BCUT2D eigenvalue weighted by atomic mass is 32.2. The summed E-state index contributed by atoms with van der Waals surface area (Å²) in [7, 11) is -4.34. The molecule has 0 aliphatic carbocycles. The van der Waals surface area contributed by atoms with E-state index in [9.17, 15) is 23.3 Å². The van der Waals surface area contributed by atoms with Crippen molar-refractivity contribution in [2.75, 3.05) is 0 Å². The molecule has 9 heteroatoms. The zero-order chi connectivity index (χ0) is 22.2. The second-order valence-corrected chi connectivity index (χ2v) is 8.29. The second kappa shape index (κ2) is 7.69. The normalized spacial score (nSPS) is 11.4. The van der Waals surface area contributed by atoms with E-state index in [4.69, 9.17) is 8.60 Å². The van der Waals surface area contributed by atoms with Gasteiger partial charge in [-0.15, -0.1) is 0 Å². The van der Waals surface area contributed by atoms with Crippen LogP contribution in [0.5, 0.6) is 5.75 Å². The molecule has 0 N–H and O–H groups in total. The molecule has 1 aromatic heterocycles. The molecule has 0 saturated carbocycles. The number of hydrogen-bond acceptors (Lipinski definition) is 7. The largest absolute Gasteiger partial charge is 0.463 e. The van der Waals surface area contributed by atoms with Gasteiger partial charge in [-0.1, -0.05) is 36.4 Å². The van der Waals surface area contributed by atoms with Crippen LogP contribution in [0.4, 0.5) is 5.69 Å². The highest BCUT2D eigenvalue weighted by molar-refractivity contribution is 7.87. The Hall–Kier alpha value is -3.98. The first-order valence-corrected chi connectivity index (χ1v) is 10.5. The Morgan fingerprint density at radius 3 is 2.45 bits per heavy atom. The molecular formula is C22H15NO7S. The van der Waals surface area contributed by atoms with Crippen LogP contribution < -0.4 is 9.61 Å². The van der Waals surface area contributed by atoms with Crippen LogP contribution in [0.2, 0.25) is 0 Å². The van der Waals surface area contributed by atoms with Crippen molar-refractivity contribution in [3.8, 4) is 16.9 Å². The number of nitro groups is 1. The highest BCUT2D eigenvalue weighted by Gasteiger charge is 2.22. The lowest BCUT2D eigenvalue weighted by molar-refractivity contribution is -0.385. The van der Waals surface area contributed by atoms with Crippen LogP contribution in [-0.2, 0) is 10.1 Å². The molecule has 0 fully saturated rings. The van der Waals surface area contributed by atoms with Gasteiger partial charge in [-0.3, -0.25) is 14.9 Å². The molecule has 0 atom stereocenters. The smallest absolute Gasteiger partial charge is 0.339 e. The number of fused-ring (bicyclic) bond motifs is 1. The summed E-state index contributed by atoms with van der Waals surface area (Å²) in [6, 6.07) is 16.5. The Balaban J connectivity index is 1.70. The monoisotopic (exact) mass is 437 g/mol. The highest BCUT2D eigenvalue weighted by Crippen LogP contribution is 2.27. The second-order valence-electron chi connectivity index (χ2n) is 6.75. The van der Waals surface area contributed by atoms with E-state index in [0.29, 0.717) is 16.7 Å². The Morgan fingerprint density at radius 1 is 1.00 bits per heavy atom. The van der Waals surface area contributed by atoms with Gasteiger partial charge in [0.25, 0.3) is 5.69 Å². The third-order valence-electron chi connectivity index (χ3n) is 4.70. The van der Waals surface area contributed by atoms with Gasteiger partial charge in [0.15, 0.2) is 5.43 Å². The third-order valence-corrected chi connectivity index (χ3v) is 5.95. The van der Waals surface area contributed by atoms with E-state index in [2.05, 4.69) is 0 Å². The zero-order valence-corrected chi connectivity index (χ0v) is 17.0. The van der Waals surface area contributed by atoms with Crippen molar-refractivity contribution in [2.45, 2.75) is 11.8 Å². The van der Waals surface area contributed by atoms with Crippen LogP contribution in [0.25, 0.3) is 22.1 Å². The topological polar surface area (TPSA) is 117 Å². The first kappa shape index (κ1) is 20.3. The van der Waals surface area contributed by atoms with E-state index in [1.54, 1.807) is 24.3 Å². The summed E-state index contributed by atoms with van der Waals surface area (Å²) in [6.07, 6.45) is 1.31. The van der Waals surface area contributed by atoms with Crippen molar-refractivity contribution >= 4 is 26.8 Å². The number of rotatable bonds is 5. The number of nitrogens with zero attached hydrogens (tertiary/aromatic N) is 1. The molecule has 4 aromatic rings. The number of hydrogen-bond donors (Lipinski definition) is 0. The Bertz CT molecular complexity index is 1480. The number of benzene rings is 3. The maximum absolute atomic E-state index is 12.8. The van der Waals surface area contributed by atoms with Gasteiger partial charge in [-0.2, -0.15) is 8.42 Å². The Labute approximate surface area is 176 Å². The molecule has 0 aliphatic rings. The van der Waals surface area contributed by atoms with Crippen molar-refractivity contribution in [3.05, 3.63) is 98.9 Å². The maximum atomic E-state index is 12.8. The molecule has 0 spiro atoms. The fourth-order valence-corrected chi connectivity index (χ4v) is 4.04. The fraction of sp³-hybridized carbons (Fsp3) is 0.0455. The van der Waals surface area contributed by atoms with Crippen LogP contribution in [0.15, 0.2) is 87.1 Å². The number of aryl methyl sites for hydroxylation is 1. The lowest BCUT2D eigenvalue weighted by atomic mass is 10.1. The van der Waals surface area contributed by atoms with Gasteiger partial charge in [0.05, 0.1) is 15.9 Å². The average Bonchev–Trinajstić information content (AvgIpc) is 2.74. The molecule has 156 valence electrons. The summed E-state index contributed by atoms with van der Waals surface area (Å²) in [4.78, 5) is 22.9. The van der Waals surface area contributed by atoms with Crippen molar-refractivity contribution in [1.82, 2.24) is 0 Å². The molecule has 1 heterocycles. The molecule has 8 nitrogen and oxygen atoms in total. The molecule has 0 amide bonds. The summed E-state index contributed by atoms with van der Waals surface area (Å²) in [5.41, 5.74) is 0.944. The lowest BCUT2D eigenvalue weighted by Gasteiger charge is -2.09. The quantitative estimate of drug-likeness (QED) is 0.257. The summed E-state index contributed by atoms with van der Waals surface area (Å²) in [6.45, 7) is 1.50. The summed E-state index contributed by atoms with van der Waals surface area (Å²) >= 11 is 0. The van der Waals surface area contributed by atoms with Crippen molar-refractivity contribution in [2.24, 2.45) is 0 Å². The van der Waals surface area contributed by atoms with E-state index >= 15 is 0 Å². The van der Waals surface area contributed by atoms with E-state index in [1.165, 1.54) is 43.5 Å². The predicted molar refractivity (Wildman–Crippen MR) is 114 cm³/mol. The van der Waals surface area contributed by atoms with E-state index in [0.717, 1.165) is 6.07 Å². The van der Waals surface area contributed by atoms with Crippen LogP contribution >= 0.6 is 0 Å². The maximum Gasteiger partial charge on any atom is 0.339 e. The molecule has 0 radical (unpaired) electrons. The predicted octanol–water partition coefficient (Wildman–Crippen LogP) is 4.44. The van der Waals surface area contributed by atoms with E-state index in [1.807, 2.05) is 6.07 Å². The van der Waals surface area contributed by atoms with Crippen molar-refractivity contribution in [3.63, 3.8) is 0 Å². The Kier molecular flexibility index (Phi) is 5.04. The minimum Gasteiger partial charge on any atom is -0.463 e. The molecule has 0 aliphatic heterocycles. The average molecular weight is 437 g/mol. The van der Waals surface area contributed by atoms with Crippen LogP contribution in [0, 0.1) is 17.0 Å². The lowest BCUT2D eigenvalue weighted by Crippen LogP contribution is -2.11. The van der Waals surface area contributed by atoms with Crippen molar-refractivity contribution in [1.29, 1.82) is 0 Å². The SMILES string of the molecule is Cc1ccc(S(=O)(=O)Oc2ccc3c(=O)c(-c4ccccc4)coc3c2)cc1[N+](=O)[O-]. The first-order chi connectivity index (χ1) is 14.8. The van der Waals surface area contributed by atoms with Gasteiger partial charge in [-0.05, 0) is 30.7 Å². The number of nitro benzene ring substituents is 1. The zero-order valence-electron chi connectivity index (χ0n) is 16.1. The van der Waals surface area contributed by atoms with Crippen molar-refractivity contribution < 1.29 is 21.9 Å². The van der Waals surface area contributed by atoms with Gasteiger partial charge >= 0.3 is 10.1 Å². The van der Waals surface area contributed by atoms with E-state index in [-0.39, 0.29) is 32.7 Å². The van der Waals surface area contributed by atoms with Crippen LogP contribution in [-0.4, -0.2) is 13.3 Å². The van der Waals surface area contributed by atoms with Gasteiger partial charge < -0.3 is 8.60 Å². The molecule has 0 bridgehead atoms. The van der Waals surface area contributed by atoms with Crippen LogP contribution in [0.3, 0.4) is 0 Å². The molecule has 4 rings (SSSR count). The first-order valence-electron chi connectivity index (χ1n) is 9.07. The minimum atomic E-state index is -4.34. The standard InChI is InChI=1S/C22H15NO7S/c1-14-7-9-17(12-20(14)23(25)26)31(27,28)30-16-8-10-18-21(11-16)29-13-19(22(18)24)15-5-3-2-4-6-15/h2-13H,1H3. The van der Waals surface area contributed by atoms with E-state index < -0.39 is 15.0 Å². The summed E-state index contributed by atoms with van der Waals surface area (Å²) < 4.78 is 35.8. The third kappa shape index (κ3) is 3.90. The Morgan fingerprint density at radius 2 is 1.74 bits per heavy atom. The van der Waals surface area contributed by atoms with Gasteiger partial charge in [0.1, 0.15) is 22.5 Å². The van der Waals surface area contributed by atoms with Gasteiger partial charge in [0.2, 0.25) is 0 Å².